The summed E-state index contributed by atoms with van der Waals surface area (Å²) in [4.78, 5) is 46.1. The number of rotatable bonds is 3. The molecule has 1 aliphatic rings. The number of nitrogens with one attached hydrogen (secondary N) is 1. The first-order valence-corrected chi connectivity index (χ1v) is 7.31. The molecule has 8 nitrogen and oxygen atoms in total. The standard InChI is InChI=1S/C17H10N4O4/c22-15-10-5-1-2-6-11(10)16(23)21(15)25-17(24)12-9-19-20-14(12)13-7-3-4-8-18-13/h1-9H,(H,19,20). The van der Waals surface area contributed by atoms with Crippen molar-refractivity contribution in [2.45, 2.75) is 0 Å². The second kappa shape index (κ2) is 5.68. The maximum atomic E-state index is 12.4. The average Bonchev–Trinajstić information content (AvgIpc) is 3.23. The van der Waals surface area contributed by atoms with Gasteiger partial charge in [-0.2, -0.15) is 5.10 Å². The lowest BCUT2D eigenvalue weighted by Gasteiger charge is -2.12. The van der Waals surface area contributed by atoms with Gasteiger partial charge in [-0.25, -0.2) is 4.79 Å². The summed E-state index contributed by atoms with van der Waals surface area (Å²) in [6, 6.07) is 11.4. The highest BCUT2D eigenvalue weighted by molar-refractivity contribution is 6.21. The van der Waals surface area contributed by atoms with E-state index >= 15 is 0 Å². The van der Waals surface area contributed by atoms with Crippen LogP contribution in [0.25, 0.3) is 11.4 Å². The predicted octanol–water partition coefficient (Wildman–Crippen LogP) is 1.84. The molecule has 0 spiro atoms. The molecule has 1 aliphatic heterocycles. The Labute approximate surface area is 141 Å². The van der Waals surface area contributed by atoms with Crippen LogP contribution in [0, 0.1) is 0 Å². The first-order valence-electron chi connectivity index (χ1n) is 7.31. The summed E-state index contributed by atoms with van der Waals surface area (Å²) in [5.41, 5.74) is 1.27. The molecular weight excluding hydrogens is 324 g/mol. The summed E-state index contributed by atoms with van der Waals surface area (Å²) >= 11 is 0. The van der Waals surface area contributed by atoms with E-state index in [9.17, 15) is 14.4 Å². The molecule has 1 N–H and O–H groups in total. The van der Waals surface area contributed by atoms with Crippen molar-refractivity contribution in [1.29, 1.82) is 0 Å². The highest BCUT2D eigenvalue weighted by Gasteiger charge is 2.39. The fraction of sp³-hybridized carbons (Fsp3) is 0. The zero-order chi connectivity index (χ0) is 17.4. The van der Waals surface area contributed by atoms with E-state index in [1.807, 2.05) is 0 Å². The second-order valence-corrected chi connectivity index (χ2v) is 5.20. The Morgan fingerprint density at radius 1 is 1.00 bits per heavy atom. The fourth-order valence-electron chi connectivity index (χ4n) is 2.53. The normalized spacial score (nSPS) is 13.0. The zero-order valence-electron chi connectivity index (χ0n) is 12.7. The highest BCUT2D eigenvalue weighted by Crippen LogP contribution is 2.25. The maximum absolute atomic E-state index is 12.4. The number of amides is 2. The lowest BCUT2D eigenvalue weighted by Crippen LogP contribution is -2.32. The van der Waals surface area contributed by atoms with Gasteiger partial charge >= 0.3 is 5.97 Å². The van der Waals surface area contributed by atoms with Crippen molar-refractivity contribution in [3.05, 3.63) is 71.5 Å². The molecule has 0 saturated carbocycles. The molecule has 8 heteroatoms. The number of H-pyrrole nitrogens is 1. The maximum Gasteiger partial charge on any atom is 0.367 e. The molecule has 0 saturated heterocycles. The third kappa shape index (κ3) is 2.36. The van der Waals surface area contributed by atoms with Gasteiger partial charge in [0.05, 0.1) is 28.7 Å². The lowest BCUT2D eigenvalue weighted by molar-refractivity contribution is -0.0584. The van der Waals surface area contributed by atoms with Crippen molar-refractivity contribution in [3.8, 4) is 11.4 Å². The minimum absolute atomic E-state index is 0.0651. The molecule has 0 radical (unpaired) electrons. The number of aromatic amines is 1. The number of hydrogen-bond acceptors (Lipinski definition) is 6. The van der Waals surface area contributed by atoms with E-state index in [4.69, 9.17) is 4.84 Å². The molecule has 4 rings (SSSR count). The molecule has 0 fully saturated rings. The Morgan fingerprint density at radius 2 is 1.68 bits per heavy atom. The smallest absolute Gasteiger partial charge is 0.324 e. The van der Waals surface area contributed by atoms with E-state index in [0.717, 1.165) is 0 Å². The van der Waals surface area contributed by atoms with Crippen LogP contribution >= 0.6 is 0 Å². The topological polar surface area (TPSA) is 105 Å². The fourth-order valence-corrected chi connectivity index (χ4v) is 2.53. The molecular formula is C17H10N4O4. The number of carbonyl (C=O) groups is 3. The summed E-state index contributed by atoms with van der Waals surface area (Å²) in [5, 5.41) is 6.94. The number of hydroxylamine groups is 2. The molecule has 122 valence electrons. The number of nitrogens with zero attached hydrogens (tertiary/aromatic N) is 3. The summed E-state index contributed by atoms with van der Waals surface area (Å²) < 4.78 is 0. The summed E-state index contributed by atoms with van der Waals surface area (Å²) in [6.45, 7) is 0. The number of imide groups is 1. The van der Waals surface area contributed by atoms with Crippen molar-refractivity contribution in [2.24, 2.45) is 0 Å². The number of benzene rings is 1. The highest BCUT2D eigenvalue weighted by atomic mass is 16.7. The first kappa shape index (κ1) is 14.8. The first-order chi connectivity index (χ1) is 12.2. The van der Waals surface area contributed by atoms with Crippen molar-refractivity contribution in [3.63, 3.8) is 0 Å². The number of aromatic nitrogens is 3. The SMILES string of the molecule is O=C(ON1C(=O)c2ccccc2C1=O)c1cn[nH]c1-c1ccccn1. The van der Waals surface area contributed by atoms with Crippen molar-refractivity contribution < 1.29 is 19.2 Å². The van der Waals surface area contributed by atoms with Gasteiger partial charge < -0.3 is 4.84 Å². The zero-order valence-corrected chi connectivity index (χ0v) is 12.7. The molecule has 0 unspecified atom stereocenters. The number of carbonyl (C=O) groups excluding carboxylic acids is 3. The van der Waals surface area contributed by atoms with Gasteiger partial charge in [0.1, 0.15) is 5.56 Å². The van der Waals surface area contributed by atoms with E-state index < -0.39 is 17.8 Å². The Kier molecular flexibility index (Phi) is 3.35. The lowest BCUT2D eigenvalue weighted by atomic mass is 10.1. The molecule has 0 bridgehead atoms. The van der Waals surface area contributed by atoms with Gasteiger partial charge in [-0.15, -0.1) is 0 Å². The van der Waals surface area contributed by atoms with Crippen LogP contribution in [-0.2, 0) is 4.84 Å². The van der Waals surface area contributed by atoms with Gasteiger partial charge in [0.2, 0.25) is 0 Å². The molecule has 0 aliphatic carbocycles. The van der Waals surface area contributed by atoms with Crippen molar-refractivity contribution >= 4 is 17.8 Å². The monoisotopic (exact) mass is 334 g/mol. The van der Waals surface area contributed by atoms with Crippen LogP contribution in [0.1, 0.15) is 31.1 Å². The molecule has 1 aromatic carbocycles. The van der Waals surface area contributed by atoms with E-state index in [-0.39, 0.29) is 16.7 Å². The van der Waals surface area contributed by atoms with Crippen LogP contribution in [0.4, 0.5) is 0 Å². The van der Waals surface area contributed by atoms with Gasteiger partial charge in [-0.05, 0) is 24.3 Å². The van der Waals surface area contributed by atoms with E-state index in [1.165, 1.54) is 18.3 Å². The van der Waals surface area contributed by atoms with Crippen LogP contribution in [0.2, 0.25) is 0 Å². The number of pyridine rings is 1. The largest absolute Gasteiger partial charge is 0.367 e. The Morgan fingerprint density at radius 3 is 2.32 bits per heavy atom. The second-order valence-electron chi connectivity index (χ2n) is 5.20. The molecule has 2 amide bonds. The van der Waals surface area contributed by atoms with Crippen molar-refractivity contribution in [1.82, 2.24) is 20.2 Å². The summed E-state index contributed by atoms with van der Waals surface area (Å²) in [6.07, 6.45) is 2.82. The minimum Gasteiger partial charge on any atom is -0.324 e. The van der Waals surface area contributed by atoms with Crippen LogP contribution < -0.4 is 0 Å². The number of fused-ring (bicyclic) bond motifs is 1. The third-order valence-electron chi connectivity index (χ3n) is 3.71. The van der Waals surface area contributed by atoms with Gasteiger partial charge in [-0.1, -0.05) is 23.3 Å². The van der Waals surface area contributed by atoms with Crippen molar-refractivity contribution in [2.75, 3.05) is 0 Å². The van der Waals surface area contributed by atoms with E-state index in [2.05, 4.69) is 15.2 Å². The third-order valence-corrected chi connectivity index (χ3v) is 3.71. The van der Waals surface area contributed by atoms with Crippen LogP contribution in [0.15, 0.2) is 54.9 Å². The van der Waals surface area contributed by atoms with Crippen LogP contribution in [0.5, 0.6) is 0 Å². The quantitative estimate of drug-likeness (QED) is 0.733. The Bertz CT molecular complexity index is 962. The average molecular weight is 334 g/mol. The van der Waals surface area contributed by atoms with Crippen LogP contribution in [0.3, 0.4) is 0 Å². The van der Waals surface area contributed by atoms with Crippen LogP contribution in [-0.4, -0.2) is 38.0 Å². The minimum atomic E-state index is -0.885. The van der Waals surface area contributed by atoms with E-state index in [0.29, 0.717) is 16.5 Å². The number of hydrogen-bond donors (Lipinski definition) is 1. The molecule has 3 aromatic rings. The molecule has 2 aromatic heterocycles. The predicted molar refractivity (Wildman–Crippen MR) is 84.2 cm³/mol. The Balaban J connectivity index is 1.62. The van der Waals surface area contributed by atoms with E-state index in [1.54, 1.807) is 36.5 Å². The van der Waals surface area contributed by atoms with Gasteiger partial charge in [-0.3, -0.25) is 19.7 Å². The summed E-state index contributed by atoms with van der Waals surface area (Å²) in [5.74, 6) is -2.25. The van der Waals surface area contributed by atoms with Gasteiger partial charge in [0, 0.05) is 6.20 Å². The van der Waals surface area contributed by atoms with Gasteiger partial charge in [0.15, 0.2) is 0 Å². The van der Waals surface area contributed by atoms with Gasteiger partial charge in [0.25, 0.3) is 11.8 Å². The molecule has 0 atom stereocenters. The summed E-state index contributed by atoms with van der Waals surface area (Å²) in [7, 11) is 0. The molecule has 3 heterocycles. The Hall–Kier alpha value is -3.81. The molecule has 25 heavy (non-hydrogen) atoms.